The summed E-state index contributed by atoms with van der Waals surface area (Å²) in [7, 11) is 0. The van der Waals surface area contributed by atoms with E-state index in [2.05, 4.69) is 9.97 Å². The molecule has 0 spiro atoms. The predicted molar refractivity (Wildman–Crippen MR) is 58.8 cm³/mol. The van der Waals surface area contributed by atoms with Crippen molar-refractivity contribution in [3.63, 3.8) is 0 Å². The van der Waals surface area contributed by atoms with Crippen molar-refractivity contribution in [3.05, 3.63) is 40.9 Å². The molecule has 82 valence electrons. The van der Waals surface area contributed by atoms with Gasteiger partial charge in [0.15, 0.2) is 16.7 Å². The normalized spacial score (nSPS) is 10.4. The molecule has 1 N–H and O–H groups in total. The maximum Gasteiger partial charge on any atom is 0.174 e. The summed E-state index contributed by atoms with van der Waals surface area (Å²) in [6, 6.07) is 4.62. The molecular formula is C11H8ClFN2O. The van der Waals surface area contributed by atoms with Crippen molar-refractivity contribution in [2.45, 2.75) is 6.92 Å². The van der Waals surface area contributed by atoms with Crippen molar-refractivity contribution in [2.24, 2.45) is 0 Å². The maximum atomic E-state index is 13.5. The quantitative estimate of drug-likeness (QED) is 0.777. The summed E-state index contributed by atoms with van der Waals surface area (Å²) in [5.41, 5.74) is 1.16. The van der Waals surface area contributed by atoms with Crippen LogP contribution in [0.25, 0.3) is 11.4 Å². The molecule has 2 rings (SSSR count). The molecule has 0 saturated carbocycles. The molecule has 1 aromatic heterocycles. The predicted octanol–water partition coefficient (Wildman–Crippen LogP) is 2.95. The first-order valence-electron chi connectivity index (χ1n) is 4.56. The van der Waals surface area contributed by atoms with Crippen LogP contribution >= 0.6 is 11.6 Å². The lowest BCUT2D eigenvalue weighted by Crippen LogP contribution is -1.93. The summed E-state index contributed by atoms with van der Waals surface area (Å²) in [6.45, 7) is 1.84. The first-order valence-corrected chi connectivity index (χ1v) is 4.94. The summed E-state index contributed by atoms with van der Waals surface area (Å²) in [5, 5.41) is 9.07. The van der Waals surface area contributed by atoms with Gasteiger partial charge in [-0.3, -0.25) is 0 Å². The zero-order valence-corrected chi connectivity index (χ0v) is 9.16. The number of hydrogen-bond donors (Lipinski definition) is 1. The maximum absolute atomic E-state index is 13.5. The molecule has 0 unspecified atom stereocenters. The van der Waals surface area contributed by atoms with Crippen LogP contribution < -0.4 is 0 Å². The minimum atomic E-state index is -0.424. The Morgan fingerprint density at radius 3 is 2.81 bits per heavy atom. The highest BCUT2D eigenvalue weighted by molar-refractivity contribution is 6.30. The van der Waals surface area contributed by atoms with Crippen LogP contribution in [-0.2, 0) is 0 Å². The number of halogens is 2. The fourth-order valence-corrected chi connectivity index (χ4v) is 1.42. The number of benzene rings is 1. The van der Waals surface area contributed by atoms with Gasteiger partial charge in [0.1, 0.15) is 5.82 Å². The van der Waals surface area contributed by atoms with Crippen molar-refractivity contribution < 1.29 is 9.50 Å². The molecule has 0 saturated heterocycles. The van der Waals surface area contributed by atoms with Crippen molar-refractivity contribution in [1.82, 2.24) is 9.97 Å². The van der Waals surface area contributed by atoms with E-state index in [1.165, 1.54) is 6.07 Å². The molecule has 16 heavy (non-hydrogen) atoms. The number of hydrogen-bond acceptors (Lipinski definition) is 3. The van der Waals surface area contributed by atoms with E-state index in [0.29, 0.717) is 0 Å². The fraction of sp³-hybridized carbons (Fsp3) is 0.0909. The Kier molecular flexibility index (Phi) is 2.75. The third kappa shape index (κ3) is 1.97. The van der Waals surface area contributed by atoms with Gasteiger partial charge < -0.3 is 5.11 Å². The van der Waals surface area contributed by atoms with Crippen LogP contribution in [0, 0.1) is 12.7 Å². The van der Waals surface area contributed by atoms with Crippen LogP contribution in [0.4, 0.5) is 4.39 Å². The van der Waals surface area contributed by atoms with E-state index in [-0.39, 0.29) is 22.3 Å². The second kappa shape index (κ2) is 4.06. The topological polar surface area (TPSA) is 46.0 Å². The summed E-state index contributed by atoms with van der Waals surface area (Å²) >= 11 is 5.63. The second-order valence-corrected chi connectivity index (χ2v) is 3.71. The number of rotatable bonds is 1. The van der Waals surface area contributed by atoms with Gasteiger partial charge in [0, 0.05) is 0 Å². The first-order chi connectivity index (χ1) is 7.58. The van der Waals surface area contributed by atoms with E-state index in [1.807, 2.05) is 6.92 Å². The van der Waals surface area contributed by atoms with E-state index in [0.717, 1.165) is 11.8 Å². The Labute approximate surface area is 96.6 Å². The van der Waals surface area contributed by atoms with Gasteiger partial charge in [-0.05, 0) is 19.1 Å². The summed E-state index contributed by atoms with van der Waals surface area (Å²) in [4.78, 5) is 7.63. The van der Waals surface area contributed by atoms with Crippen molar-refractivity contribution in [3.8, 4) is 17.1 Å². The lowest BCUT2D eigenvalue weighted by molar-refractivity contribution is 0.470. The van der Waals surface area contributed by atoms with Gasteiger partial charge in [-0.15, -0.1) is 0 Å². The van der Waals surface area contributed by atoms with Gasteiger partial charge in [0.05, 0.1) is 11.8 Å². The standard InChI is InChI=1S/C11H8ClFN2O/c1-6-2-3-8(13)7(4-6)11-14-5-9(16)10(12)15-11/h2-5,16H,1H3. The van der Waals surface area contributed by atoms with E-state index in [4.69, 9.17) is 16.7 Å². The molecule has 0 amide bonds. The highest BCUT2D eigenvalue weighted by Crippen LogP contribution is 2.25. The Hall–Kier alpha value is -1.68. The molecule has 0 bridgehead atoms. The van der Waals surface area contributed by atoms with Crippen molar-refractivity contribution in [1.29, 1.82) is 0 Å². The third-order valence-corrected chi connectivity index (χ3v) is 2.37. The minimum absolute atomic E-state index is 0.0918. The van der Waals surface area contributed by atoms with Crippen LogP contribution in [0.3, 0.4) is 0 Å². The molecule has 0 atom stereocenters. The highest BCUT2D eigenvalue weighted by atomic mass is 35.5. The number of aromatic hydroxyl groups is 1. The molecule has 0 fully saturated rings. The highest BCUT2D eigenvalue weighted by Gasteiger charge is 2.10. The third-order valence-electron chi connectivity index (χ3n) is 2.09. The monoisotopic (exact) mass is 238 g/mol. The number of aryl methyl sites for hydroxylation is 1. The van der Waals surface area contributed by atoms with Crippen molar-refractivity contribution >= 4 is 11.6 Å². The van der Waals surface area contributed by atoms with Gasteiger partial charge in [0.2, 0.25) is 0 Å². The Balaban J connectivity index is 2.58. The minimum Gasteiger partial charge on any atom is -0.504 e. The molecule has 0 aliphatic rings. The van der Waals surface area contributed by atoms with Crippen LogP contribution in [0.2, 0.25) is 5.15 Å². The van der Waals surface area contributed by atoms with Crippen molar-refractivity contribution in [2.75, 3.05) is 0 Å². The van der Waals surface area contributed by atoms with E-state index < -0.39 is 5.82 Å². The summed E-state index contributed by atoms with van der Waals surface area (Å²) in [5.74, 6) is -0.491. The van der Waals surface area contributed by atoms with Crippen LogP contribution in [-0.4, -0.2) is 15.1 Å². The van der Waals surface area contributed by atoms with Gasteiger partial charge >= 0.3 is 0 Å². The molecule has 1 aromatic carbocycles. The van der Waals surface area contributed by atoms with Gasteiger partial charge in [-0.1, -0.05) is 23.2 Å². The molecule has 0 radical (unpaired) electrons. The summed E-state index contributed by atoms with van der Waals surface area (Å²) in [6.07, 6.45) is 1.15. The molecule has 5 heteroatoms. The first kappa shape index (κ1) is 10.8. The molecular weight excluding hydrogens is 231 g/mol. The average Bonchev–Trinajstić information content (AvgIpc) is 2.26. The number of aromatic nitrogens is 2. The molecule has 1 heterocycles. The fourth-order valence-electron chi connectivity index (χ4n) is 1.29. The summed E-state index contributed by atoms with van der Waals surface area (Å²) < 4.78 is 13.5. The Morgan fingerprint density at radius 1 is 1.38 bits per heavy atom. The average molecular weight is 239 g/mol. The number of nitrogens with zero attached hydrogens (tertiary/aromatic N) is 2. The van der Waals surface area contributed by atoms with Crippen LogP contribution in [0.5, 0.6) is 5.75 Å². The molecule has 2 aromatic rings. The Morgan fingerprint density at radius 2 is 2.12 bits per heavy atom. The SMILES string of the molecule is Cc1ccc(F)c(-c2ncc(O)c(Cl)n2)c1. The van der Waals surface area contributed by atoms with E-state index in [1.54, 1.807) is 12.1 Å². The van der Waals surface area contributed by atoms with E-state index >= 15 is 0 Å². The molecule has 3 nitrogen and oxygen atoms in total. The smallest absolute Gasteiger partial charge is 0.174 e. The van der Waals surface area contributed by atoms with Crippen LogP contribution in [0.1, 0.15) is 5.56 Å². The van der Waals surface area contributed by atoms with Gasteiger partial charge in [-0.2, -0.15) is 0 Å². The Bertz CT molecular complexity index is 546. The lowest BCUT2D eigenvalue weighted by atomic mass is 10.1. The van der Waals surface area contributed by atoms with Gasteiger partial charge in [0.25, 0.3) is 0 Å². The van der Waals surface area contributed by atoms with Crippen LogP contribution in [0.15, 0.2) is 24.4 Å². The zero-order valence-electron chi connectivity index (χ0n) is 8.41. The van der Waals surface area contributed by atoms with E-state index in [9.17, 15) is 4.39 Å². The zero-order chi connectivity index (χ0) is 11.7. The largest absolute Gasteiger partial charge is 0.504 e. The van der Waals surface area contributed by atoms with Gasteiger partial charge in [-0.25, -0.2) is 14.4 Å². The second-order valence-electron chi connectivity index (χ2n) is 3.35. The molecule has 0 aliphatic carbocycles. The lowest BCUT2D eigenvalue weighted by Gasteiger charge is -2.04. The molecule has 0 aliphatic heterocycles.